The standard InChI is InChI=1S/C15H22O6/c1-15(2)20-13(8-16)14(21-15)12(17)10-19-18-9-11-6-4-3-5-7-11/h3-7,12-14,16-17H,8-10H2,1-2H3/t12-,13+,14-/m1/s1. The molecule has 0 aromatic heterocycles. The lowest BCUT2D eigenvalue weighted by atomic mass is 10.1. The van der Waals surface area contributed by atoms with E-state index >= 15 is 0 Å². The quantitative estimate of drug-likeness (QED) is 0.444. The molecular formula is C15H22O6. The Morgan fingerprint density at radius 3 is 2.57 bits per heavy atom. The molecule has 2 rings (SSSR count). The molecule has 0 spiro atoms. The second-order valence-electron chi connectivity index (χ2n) is 5.42. The summed E-state index contributed by atoms with van der Waals surface area (Å²) in [4.78, 5) is 10.1. The maximum atomic E-state index is 10.1. The van der Waals surface area contributed by atoms with Crippen molar-refractivity contribution < 1.29 is 29.5 Å². The van der Waals surface area contributed by atoms with E-state index in [4.69, 9.17) is 19.2 Å². The number of ether oxygens (including phenoxy) is 2. The van der Waals surface area contributed by atoms with Crippen molar-refractivity contribution in [3.8, 4) is 0 Å². The molecule has 0 radical (unpaired) electrons. The van der Waals surface area contributed by atoms with Crippen LogP contribution in [0.4, 0.5) is 0 Å². The molecule has 1 aliphatic heterocycles. The number of hydrogen-bond donors (Lipinski definition) is 2. The zero-order valence-electron chi connectivity index (χ0n) is 12.3. The van der Waals surface area contributed by atoms with Crippen LogP contribution < -0.4 is 0 Å². The van der Waals surface area contributed by atoms with Crippen LogP contribution in [0.15, 0.2) is 30.3 Å². The molecule has 1 aromatic carbocycles. The highest BCUT2D eigenvalue weighted by Gasteiger charge is 2.44. The third-order valence-electron chi connectivity index (χ3n) is 3.17. The van der Waals surface area contributed by atoms with Crippen molar-refractivity contribution in [3.63, 3.8) is 0 Å². The SMILES string of the molecule is CC1(C)O[C@H]([C@H](O)COOCc2ccccc2)[C@H](CO)O1. The van der Waals surface area contributed by atoms with Crippen LogP contribution in [0.2, 0.25) is 0 Å². The van der Waals surface area contributed by atoms with Gasteiger partial charge in [-0.1, -0.05) is 30.3 Å². The van der Waals surface area contributed by atoms with Crippen molar-refractivity contribution in [1.29, 1.82) is 0 Å². The van der Waals surface area contributed by atoms with Gasteiger partial charge in [-0.25, -0.2) is 9.78 Å². The summed E-state index contributed by atoms with van der Waals surface area (Å²) in [6.45, 7) is 3.47. The highest BCUT2D eigenvalue weighted by atomic mass is 17.2. The number of hydrogen-bond acceptors (Lipinski definition) is 6. The van der Waals surface area contributed by atoms with Gasteiger partial charge in [-0.15, -0.1) is 0 Å². The fraction of sp³-hybridized carbons (Fsp3) is 0.600. The first-order valence-corrected chi connectivity index (χ1v) is 6.95. The Labute approximate surface area is 124 Å². The molecule has 3 atom stereocenters. The monoisotopic (exact) mass is 298 g/mol. The minimum absolute atomic E-state index is 0.0621. The Balaban J connectivity index is 1.73. The van der Waals surface area contributed by atoms with E-state index in [0.717, 1.165) is 5.56 Å². The summed E-state index contributed by atoms with van der Waals surface area (Å²) in [7, 11) is 0. The first-order valence-electron chi connectivity index (χ1n) is 6.95. The molecule has 0 bridgehead atoms. The third kappa shape index (κ3) is 4.74. The molecule has 1 saturated heterocycles. The maximum absolute atomic E-state index is 10.1. The summed E-state index contributed by atoms with van der Waals surface area (Å²) in [6, 6.07) is 9.56. The highest BCUT2D eigenvalue weighted by molar-refractivity contribution is 5.13. The van der Waals surface area contributed by atoms with Crippen LogP contribution in [-0.4, -0.2) is 47.5 Å². The Morgan fingerprint density at radius 2 is 1.90 bits per heavy atom. The minimum Gasteiger partial charge on any atom is -0.394 e. The Morgan fingerprint density at radius 1 is 1.19 bits per heavy atom. The Hall–Kier alpha value is -1.02. The molecule has 1 fully saturated rings. The van der Waals surface area contributed by atoms with Gasteiger partial charge in [0.15, 0.2) is 5.79 Å². The van der Waals surface area contributed by atoms with E-state index in [1.807, 2.05) is 30.3 Å². The van der Waals surface area contributed by atoms with Crippen LogP contribution >= 0.6 is 0 Å². The van der Waals surface area contributed by atoms with Crippen LogP contribution in [0, 0.1) is 0 Å². The van der Waals surface area contributed by atoms with Crippen molar-refractivity contribution >= 4 is 0 Å². The van der Waals surface area contributed by atoms with Crippen molar-refractivity contribution in [2.75, 3.05) is 13.2 Å². The first-order chi connectivity index (χ1) is 10.0. The molecule has 0 aliphatic carbocycles. The summed E-state index contributed by atoms with van der Waals surface area (Å²) in [5.74, 6) is -0.829. The molecular weight excluding hydrogens is 276 g/mol. The van der Waals surface area contributed by atoms with Gasteiger partial charge in [0.1, 0.15) is 31.5 Å². The molecule has 6 nitrogen and oxygen atoms in total. The van der Waals surface area contributed by atoms with Gasteiger partial charge >= 0.3 is 0 Å². The van der Waals surface area contributed by atoms with Crippen LogP contribution in [0.3, 0.4) is 0 Å². The maximum Gasteiger partial charge on any atom is 0.164 e. The zero-order chi connectivity index (χ0) is 15.3. The molecule has 1 heterocycles. The molecule has 118 valence electrons. The molecule has 1 aromatic rings. The number of aliphatic hydroxyl groups excluding tert-OH is 2. The molecule has 21 heavy (non-hydrogen) atoms. The normalized spacial score (nSPS) is 25.9. The number of benzene rings is 1. The van der Waals surface area contributed by atoms with Crippen molar-refractivity contribution in [2.24, 2.45) is 0 Å². The summed E-state index contributed by atoms with van der Waals surface area (Å²) in [6.07, 6.45) is -2.17. The second-order valence-corrected chi connectivity index (χ2v) is 5.42. The van der Waals surface area contributed by atoms with Gasteiger partial charge in [0.2, 0.25) is 0 Å². The van der Waals surface area contributed by atoms with Crippen molar-refractivity contribution in [3.05, 3.63) is 35.9 Å². The van der Waals surface area contributed by atoms with E-state index in [2.05, 4.69) is 0 Å². The van der Waals surface area contributed by atoms with Crippen LogP contribution in [0.1, 0.15) is 19.4 Å². The first kappa shape index (κ1) is 16.4. The van der Waals surface area contributed by atoms with Gasteiger partial charge in [0.25, 0.3) is 0 Å². The third-order valence-corrected chi connectivity index (χ3v) is 3.17. The lowest BCUT2D eigenvalue weighted by molar-refractivity contribution is -0.319. The number of aliphatic hydroxyl groups is 2. The predicted molar refractivity (Wildman–Crippen MR) is 74.1 cm³/mol. The van der Waals surface area contributed by atoms with E-state index in [1.54, 1.807) is 13.8 Å². The average molecular weight is 298 g/mol. The molecule has 2 N–H and O–H groups in total. The summed E-state index contributed by atoms with van der Waals surface area (Å²) >= 11 is 0. The Bertz CT molecular complexity index is 421. The second kappa shape index (κ2) is 7.31. The van der Waals surface area contributed by atoms with Crippen LogP contribution in [-0.2, 0) is 25.9 Å². The average Bonchev–Trinajstić information content (AvgIpc) is 2.80. The van der Waals surface area contributed by atoms with Gasteiger partial charge < -0.3 is 19.7 Å². The lowest BCUT2D eigenvalue weighted by Crippen LogP contribution is -2.40. The van der Waals surface area contributed by atoms with Crippen LogP contribution in [0.25, 0.3) is 0 Å². The fourth-order valence-corrected chi connectivity index (χ4v) is 2.23. The zero-order valence-corrected chi connectivity index (χ0v) is 12.3. The summed E-state index contributed by atoms with van der Waals surface area (Å²) in [5, 5.41) is 19.3. The van der Waals surface area contributed by atoms with Crippen molar-refractivity contribution in [1.82, 2.24) is 0 Å². The molecule has 0 amide bonds. The van der Waals surface area contributed by atoms with E-state index in [9.17, 15) is 10.2 Å². The fourth-order valence-electron chi connectivity index (χ4n) is 2.23. The van der Waals surface area contributed by atoms with E-state index in [1.165, 1.54) is 0 Å². The van der Waals surface area contributed by atoms with Gasteiger partial charge in [-0.2, -0.15) is 0 Å². The highest BCUT2D eigenvalue weighted by Crippen LogP contribution is 2.29. The molecule has 0 unspecified atom stereocenters. The van der Waals surface area contributed by atoms with Gasteiger partial charge in [0.05, 0.1) is 6.61 Å². The van der Waals surface area contributed by atoms with E-state index in [-0.39, 0.29) is 13.2 Å². The summed E-state index contributed by atoms with van der Waals surface area (Å²) in [5.41, 5.74) is 0.974. The van der Waals surface area contributed by atoms with Gasteiger partial charge in [-0.3, -0.25) is 0 Å². The molecule has 1 aliphatic rings. The van der Waals surface area contributed by atoms with Crippen molar-refractivity contribution in [2.45, 2.75) is 44.6 Å². The summed E-state index contributed by atoms with van der Waals surface area (Å²) < 4.78 is 11.0. The predicted octanol–water partition coefficient (Wildman–Crippen LogP) is 1.01. The topological polar surface area (TPSA) is 77.4 Å². The van der Waals surface area contributed by atoms with Crippen LogP contribution in [0.5, 0.6) is 0 Å². The smallest absolute Gasteiger partial charge is 0.164 e. The lowest BCUT2D eigenvalue weighted by Gasteiger charge is -2.21. The van der Waals surface area contributed by atoms with E-state index < -0.39 is 24.1 Å². The van der Waals surface area contributed by atoms with Gasteiger partial charge in [-0.05, 0) is 19.4 Å². The Kier molecular flexibility index (Phi) is 5.69. The number of rotatable bonds is 7. The minimum atomic E-state index is -0.945. The molecule has 0 saturated carbocycles. The van der Waals surface area contributed by atoms with E-state index in [0.29, 0.717) is 6.61 Å². The molecule has 6 heteroatoms. The van der Waals surface area contributed by atoms with Gasteiger partial charge in [0, 0.05) is 0 Å². The largest absolute Gasteiger partial charge is 0.394 e.